The van der Waals surface area contributed by atoms with Gasteiger partial charge >= 0.3 is 0 Å². The molecule has 1 saturated carbocycles. The molecule has 1 fully saturated rings. The topological polar surface area (TPSA) is 35.2 Å². The zero-order chi connectivity index (χ0) is 13.2. The fourth-order valence-corrected chi connectivity index (χ4v) is 3.33. The number of nitrogens with two attached hydrogens (primary N) is 1. The Hall–Kier alpha value is -0.0900. The van der Waals surface area contributed by atoms with Crippen LogP contribution >= 0.6 is 27.5 Å². The van der Waals surface area contributed by atoms with Crippen LogP contribution in [0.4, 0.5) is 0 Å². The van der Waals surface area contributed by atoms with Gasteiger partial charge in [0.15, 0.2) is 0 Å². The second-order valence-electron chi connectivity index (χ2n) is 5.14. The Balaban J connectivity index is 1.96. The first kappa shape index (κ1) is 14.3. The summed E-state index contributed by atoms with van der Waals surface area (Å²) in [7, 11) is 1.79. The van der Waals surface area contributed by atoms with Gasteiger partial charge in [-0.3, -0.25) is 0 Å². The van der Waals surface area contributed by atoms with Crippen molar-refractivity contribution in [1.29, 1.82) is 0 Å². The molecule has 0 aliphatic heterocycles. The van der Waals surface area contributed by atoms with E-state index in [-0.39, 0.29) is 11.6 Å². The fourth-order valence-electron chi connectivity index (χ4n) is 2.58. The largest absolute Gasteiger partial charge is 0.378 e. The average Bonchev–Trinajstić information content (AvgIpc) is 2.27. The molecule has 0 amide bonds. The highest BCUT2D eigenvalue weighted by Crippen LogP contribution is 2.39. The van der Waals surface area contributed by atoms with Crippen LogP contribution in [0.2, 0.25) is 5.02 Å². The van der Waals surface area contributed by atoms with Crippen LogP contribution in [-0.2, 0) is 11.2 Å². The molecule has 0 radical (unpaired) electrons. The number of hydrogen-bond donors (Lipinski definition) is 1. The zero-order valence-electron chi connectivity index (χ0n) is 10.6. The molecule has 1 atom stereocenters. The van der Waals surface area contributed by atoms with E-state index in [4.69, 9.17) is 22.1 Å². The quantitative estimate of drug-likeness (QED) is 0.886. The second-order valence-corrected chi connectivity index (χ2v) is 6.47. The Morgan fingerprint density at radius 2 is 2.22 bits per heavy atom. The van der Waals surface area contributed by atoms with Gasteiger partial charge in [-0.1, -0.05) is 33.6 Å². The van der Waals surface area contributed by atoms with Crippen molar-refractivity contribution in [2.45, 2.75) is 43.7 Å². The molecular weight excluding hydrogens is 314 g/mol. The summed E-state index contributed by atoms with van der Waals surface area (Å²) in [6.07, 6.45) is 5.23. The van der Waals surface area contributed by atoms with Crippen molar-refractivity contribution in [1.82, 2.24) is 0 Å². The third-order valence-electron chi connectivity index (χ3n) is 3.83. The van der Waals surface area contributed by atoms with Crippen molar-refractivity contribution in [3.05, 3.63) is 33.3 Å². The molecule has 2 nitrogen and oxygen atoms in total. The van der Waals surface area contributed by atoms with Gasteiger partial charge < -0.3 is 10.5 Å². The molecule has 1 aliphatic carbocycles. The van der Waals surface area contributed by atoms with Gasteiger partial charge in [0.25, 0.3) is 0 Å². The lowest BCUT2D eigenvalue weighted by molar-refractivity contribution is -0.0813. The van der Waals surface area contributed by atoms with Crippen molar-refractivity contribution in [3.8, 4) is 0 Å². The monoisotopic (exact) mass is 331 g/mol. The molecule has 0 spiro atoms. The van der Waals surface area contributed by atoms with Crippen molar-refractivity contribution in [2.75, 3.05) is 7.11 Å². The first-order chi connectivity index (χ1) is 8.54. The maximum absolute atomic E-state index is 6.23. The van der Waals surface area contributed by atoms with E-state index in [1.54, 1.807) is 7.11 Å². The average molecular weight is 333 g/mol. The molecule has 0 aromatic heterocycles. The second kappa shape index (κ2) is 5.91. The van der Waals surface area contributed by atoms with E-state index in [1.165, 1.54) is 6.42 Å². The summed E-state index contributed by atoms with van der Waals surface area (Å²) in [6.45, 7) is 0. The number of hydrogen-bond acceptors (Lipinski definition) is 2. The SMILES string of the molecule is COC1(CC(N)Cc2ccc(Br)cc2Cl)CCC1. The Labute approximate surface area is 122 Å². The molecule has 18 heavy (non-hydrogen) atoms. The van der Waals surface area contributed by atoms with Gasteiger partial charge in [0, 0.05) is 22.6 Å². The predicted molar refractivity (Wildman–Crippen MR) is 79.0 cm³/mol. The molecule has 2 N–H and O–H groups in total. The van der Waals surface area contributed by atoms with Crippen LogP contribution in [0.3, 0.4) is 0 Å². The minimum absolute atomic E-state index is 0.0290. The van der Waals surface area contributed by atoms with Crippen LogP contribution in [0.5, 0.6) is 0 Å². The van der Waals surface area contributed by atoms with Crippen molar-refractivity contribution in [2.24, 2.45) is 5.73 Å². The molecule has 1 aliphatic rings. The molecule has 0 saturated heterocycles. The van der Waals surface area contributed by atoms with E-state index >= 15 is 0 Å². The molecular formula is C14H19BrClNO. The lowest BCUT2D eigenvalue weighted by Crippen LogP contribution is -2.45. The summed E-state index contributed by atoms with van der Waals surface area (Å²) in [4.78, 5) is 0. The van der Waals surface area contributed by atoms with Crippen LogP contribution in [0.1, 0.15) is 31.2 Å². The Morgan fingerprint density at radius 3 is 2.72 bits per heavy atom. The molecule has 1 unspecified atom stereocenters. The van der Waals surface area contributed by atoms with Gasteiger partial charge in [0.2, 0.25) is 0 Å². The molecule has 4 heteroatoms. The highest BCUT2D eigenvalue weighted by molar-refractivity contribution is 9.10. The van der Waals surface area contributed by atoms with Crippen LogP contribution in [-0.4, -0.2) is 18.8 Å². The lowest BCUT2D eigenvalue weighted by Gasteiger charge is -2.42. The molecule has 1 aromatic rings. The summed E-state index contributed by atoms with van der Waals surface area (Å²) >= 11 is 9.62. The van der Waals surface area contributed by atoms with E-state index in [0.29, 0.717) is 0 Å². The van der Waals surface area contributed by atoms with Crippen LogP contribution in [0.25, 0.3) is 0 Å². The molecule has 1 aromatic carbocycles. The Bertz CT molecular complexity index is 415. The minimum Gasteiger partial charge on any atom is -0.378 e. The molecule has 100 valence electrons. The van der Waals surface area contributed by atoms with Crippen molar-refractivity contribution in [3.63, 3.8) is 0 Å². The maximum Gasteiger partial charge on any atom is 0.0693 e. The Morgan fingerprint density at radius 1 is 1.50 bits per heavy atom. The summed E-state index contributed by atoms with van der Waals surface area (Å²) in [6, 6.07) is 6.05. The fraction of sp³-hybridized carbons (Fsp3) is 0.571. The zero-order valence-corrected chi connectivity index (χ0v) is 12.9. The first-order valence-corrected chi connectivity index (χ1v) is 7.46. The standard InChI is InChI=1S/C14H19BrClNO/c1-18-14(5-2-6-14)9-12(17)7-10-3-4-11(15)8-13(10)16/h3-4,8,12H,2,5-7,9,17H2,1H3. The van der Waals surface area contributed by atoms with Crippen molar-refractivity contribution >= 4 is 27.5 Å². The molecule has 0 bridgehead atoms. The van der Waals surface area contributed by atoms with Gasteiger partial charge in [-0.2, -0.15) is 0 Å². The number of benzene rings is 1. The summed E-state index contributed by atoms with van der Waals surface area (Å²) in [5.41, 5.74) is 7.37. The summed E-state index contributed by atoms with van der Waals surface area (Å²) in [5.74, 6) is 0. The first-order valence-electron chi connectivity index (χ1n) is 6.29. The smallest absolute Gasteiger partial charge is 0.0693 e. The normalized spacial score (nSPS) is 19.3. The summed E-state index contributed by atoms with van der Waals surface area (Å²) < 4.78 is 6.61. The van der Waals surface area contributed by atoms with Crippen LogP contribution in [0.15, 0.2) is 22.7 Å². The van der Waals surface area contributed by atoms with Gasteiger partial charge in [-0.05, 0) is 49.8 Å². The van der Waals surface area contributed by atoms with E-state index in [2.05, 4.69) is 15.9 Å². The van der Waals surface area contributed by atoms with Crippen LogP contribution < -0.4 is 5.73 Å². The number of methoxy groups -OCH3 is 1. The third kappa shape index (κ3) is 3.27. The highest BCUT2D eigenvalue weighted by Gasteiger charge is 2.38. The highest BCUT2D eigenvalue weighted by atomic mass is 79.9. The van der Waals surface area contributed by atoms with E-state index in [1.807, 2.05) is 18.2 Å². The molecule has 0 heterocycles. The maximum atomic E-state index is 6.23. The van der Waals surface area contributed by atoms with Gasteiger partial charge in [-0.25, -0.2) is 0 Å². The number of halogens is 2. The van der Waals surface area contributed by atoms with Gasteiger partial charge in [-0.15, -0.1) is 0 Å². The predicted octanol–water partition coefficient (Wildman–Crippen LogP) is 3.93. The van der Waals surface area contributed by atoms with Crippen LogP contribution in [0, 0.1) is 0 Å². The molecule has 2 rings (SSSR count). The summed E-state index contributed by atoms with van der Waals surface area (Å²) in [5, 5.41) is 0.778. The lowest BCUT2D eigenvalue weighted by atomic mass is 9.75. The van der Waals surface area contributed by atoms with E-state index in [9.17, 15) is 0 Å². The Kier molecular flexibility index (Phi) is 4.70. The number of ether oxygens (including phenoxy) is 1. The third-order valence-corrected chi connectivity index (χ3v) is 4.67. The van der Waals surface area contributed by atoms with E-state index < -0.39 is 0 Å². The van der Waals surface area contributed by atoms with Crippen molar-refractivity contribution < 1.29 is 4.74 Å². The van der Waals surface area contributed by atoms with E-state index in [0.717, 1.165) is 40.7 Å². The number of rotatable bonds is 5. The minimum atomic E-state index is 0.0290. The van der Waals surface area contributed by atoms with Gasteiger partial charge in [0.1, 0.15) is 0 Å². The van der Waals surface area contributed by atoms with Gasteiger partial charge in [0.05, 0.1) is 5.60 Å².